The second-order valence-electron chi connectivity index (χ2n) is 4.03. The molecule has 0 fully saturated rings. The van der Waals surface area contributed by atoms with E-state index in [1.54, 1.807) is 31.3 Å². The van der Waals surface area contributed by atoms with Gasteiger partial charge in [0.25, 0.3) is 11.8 Å². The molecule has 1 aliphatic rings. The highest BCUT2D eigenvalue weighted by atomic mass is 32.1. The lowest BCUT2D eigenvalue weighted by molar-refractivity contribution is -0.120. The molecule has 2 N–H and O–H groups in total. The number of hydrazone groups is 1. The van der Waals surface area contributed by atoms with Crippen molar-refractivity contribution in [3.63, 3.8) is 0 Å². The normalized spacial score (nSPS) is 16.5. The van der Waals surface area contributed by atoms with Gasteiger partial charge in [-0.25, -0.2) is 5.01 Å². The molecule has 98 valence electrons. The van der Waals surface area contributed by atoms with Crippen LogP contribution in [-0.2, 0) is 4.79 Å². The quantitative estimate of drug-likeness (QED) is 0.449. The number of hydrogen-bond donors (Lipinski definition) is 1. The van der Waals surface area contributed by atoms with Gasteiger partial charge in [0, 0.05) is 25.2 Å². The third-order valence-electron chi connectivity index (χ3n) is 2.79. The summed E-state index contributed by atoms with van der Waals surface area (Å²) in [6.07, 6.45) is 0. The maximum Gasteiger partial charge on any atom is 0.281 e. The Morgan fingerprint density at radius 2 is 1.84 bits per heavy atom. The van der Waals surface area contributed by atoms with Crippen molar-refractivity contribution in [2.75, 3.05) is 14.1 Å². The van der Waals surface area contributed by atoms with Crippen LogP contribution < -0.4 is 5.73 Å². The molecule has 0 aliphatic carbocycles. The minimum absolute atomic E-state index is 0.0392. The molecule has 0 radical (unpaired) electrons. The minimum Gasteiger partial charge on any atom is -0.375 e. The number of nitrogens with zero attached hydrogens (tertiary/aromatic N) is 3. The van der Waals surface area contributed by atoms with Gasteiger partial charge in [-0.3, -0.25) is 14.5 Å². The van der Waals surface area contributed by atoms with E-state index in [-0.39, 0.29) is 16.7 Å². The number of carbonyl (C=O) groups excluding carboxylic acids is 2. The number of carbonyl (C=O) groups is 2. The Labute approximate surface area is 115 Å². The average Bonchev–Trinajstić information content (AvgIpc) is 2.40. The van der Waals surface area contributed by atoms with Gasteiger partial charge >= 0.3 is 0 Å². The smallest absolute Gasteiger partial charge is 0.281 e. The van der Waals surface area contributed by atoms with Gasteiger partial charge in [-0.2, -0.15) is 5.10 Å². The molecule has 0 atom stereocenters. The molecule has 7 heteroatoms. The minimum atomic E-state index is -0.480. The molecule has 1 aliphatic heterocycles. The molecule has 0 spiro atoms. The third-order valence-corrected chi connectivity index (χ3v) is 3.06. The fraction of sp³-hybridized carbons (Fsp3) is 0.167. The molecular weight excluding hydrogens is 264 g/mol. The lowest BCUT2D eigenvalue weighted by atomic mass is 9.97. The zero-order valence-corrected chi connectivity index (χ0v) is 11.3. The Morgan fingerprint density at radius 1 is 1.26 bits per heavy atom. The standard InChI is InChI=1S/C12H12N4O2S/c1-15-10(17)8-6-4-3-5-7(8)9(11(15)18)14-16(2)12(13)19/h3-6H,1-2H3,(H2,13,19)/b14-9+. The molecule has 2 amide bonds. The molecule has 0 aromatic heterocycles. The molecule has 6 nitrogen and oxygen atoms in total. The van der Waals surface area contributed by atoms with Crippen LogP contribution in [-0.4, -0.2) is 46.6 Å². The maximum absolute atomic E-state index is 12.1. The van der Waals surface area contributed by atoms with Crippen molar-refractivity contribution in [1.29, 1.82) is 0 Å². The molecule has 2 rings (SSSR count). The second-order valence-corrected chi connectivity index (χ2v) is 4.44. The highest BCUT2D eigenvalue weighted by Gasteiger charge is 2.33. The summed E-state index contributed by atoms with van der Waals surface area (Å²) in [5.74, 6) is -0.829. The Balaban J connectivity index is 2.61. The molecule has 1 heterocycles. The van der Waals surface area contributed by atoms with E-state index in [4.69, 9.17) is 18.0 Å². The zero-order chi connectivity index (χ0) is 14.2. The summed E-state index contributed by atoms with van der Waals surface area (Å²) in [7, 11) is 2.96. The van der Waals surface area contributed by atoms with E-state index in [9.17, 15) is 9.59 Å². The molecule has 1 aromatic carbocycles. The summed E-state index contributed by atoms with van der Waals surface area (Å²) in [6, 6.07) is 6.79. The Hall–Kier alpha value is -2.28. The van der Waals surface area contributed by atoms with E-state index in [0.717, 1.165) is 4.90 Å². The van der Waals surface area contributed by atoms with Gasteiger partial charge in [0.05, 0.1) is 0 Å². The van der Waals surface area contributed by atoms with E-state index in [2.05, 4.69) is 5.10 Å². The van der Waals surface area contributed by atoms with Gasteiger partial charge in [0.15, 0.2) is 10.8 Å². The number of fused-ring (bicyclic) bond motifs is 1. The first-order valence-electron chi connectivity index (χ1n) is 5.47. The first-order valence-corrected chi connectivity index (χ1v) is 5.88. The van der Waals surface area contributed by atoms with E-state index in [0.29, 0.717) is 11.1 Å². The number of hydrogen-bond acceptors (Lipinski definition) is 4. The lowest BCUT2D eigenvalue weighted by Crippen LogP contribution is -2.45. The van der Waals surface area contributed by atoms with Crippen molar-refractivity contribution < 1.29 is 9.59 Å². The van der Waals surface area contributed by atoms with E-state index in [1.165, 1.54) is 12.1 Å². The second kappa shape index (κ2) is 4.77. The molecule has 0 bridgehead atoms. The number of likely N-dealkylation sites (N-methyl/N-ethyl adjacent to an activating group) is 1. The van der Waals surface area contributed by atoms with Crippen LogP contribution in [0.5, 0.6) is 0 Å². The molecule has 0 saturated carbocycles. The first kappa shape index (κ1) is 13.2. The predicted octanol–water partition coefficient (Wildman–Crippen LogP) is 0.178. The molecule has 0 saturated heterocycles. The molecule has 1 aromatic rings. The van der Waals surface area contributed by atoms with Crippen LogP contribution in [0.4, 0.5) is 0 Å². The monoisotopic (exact) mass is 276 g/mol. The van der Waals surface area contributed by atoms with E-state index >= 15 is 0 Å². The van der Waals surface area contributed by atoms with E-state index < -0.39 is 5.91 Å². The van der Waals surface area contributed by atoms with Gasteiger partial charge in [-0.1, -0.05) is 18.2 Å². The van der Waals surface area contributed by atoms with E-state index in [1.807, 2.05) is 0 Å². The summed E-state index contributed by atoms with van der Waals surface area (Å²) in [5, 5.41) is 5.35. The van der Waals surface area contributed by atoms with Gasteiger partial charge in [-0.05, 0) is 18.3 Å². The predicted molar refractivity (Wildman–Crippen MR) is 74.6 cm³/mol. The molecule has 0 unspecified atom stereocenters. The summed E-state index contributed by atoms with van der Waals surface area (Å²) in [6.45, 7) is 0. The highest BCUT2D eigenvalue weighted by Crippen LogP contribution is 2.19. The number of nitrogens with two attached hydrogens (primary N) is 1. The zero-order valence-electron chi connectivity index (χ0n) is 10.5. The van der Waals surface area contributed by atoms with Crippen molar-refractivity contribution in [3.05, 3.63) is 35.4 Å². The fourth-order valence-electron chi connectivity index (χ4n) is 1.72. The Morgan fingerprint density at radius 3 is 2.42 bits per heavy atom. The molecule has 19 heavy (non-hydrogen) atoms. The Bertz CT molecular complexity index is 612. The SMILES string of the molecule is CN(/N=C1/C(=O)N(C)C(=O)c2ccccc21)C(N)=S. The van der Waals surface area contributed by atoms with Crippen LogP contribution in [0, 0.1) is 0 Å². The van der Waals surface area contributed by atoms with Crippen LogP contribution in [0.15, 0.2) is 29.4 Å². The van der Waals surface area contributed by atoms with Crippen molar-refractivity contribution in [1.82, 2.24) is 9.91 Å². The Kier molecular flexibility index (Phi) is 3.30. The first-order chi connectivity index (χ1) is 8.93. The largest absolute Gasteiger partial charge is 0.375 e. The van der Waals surface area contributed by atoms with Crippen LogP contribution in [0.1, 0.15) is 15.9 Å². The number of amides is 2. The highest BCUT2D eigenvalue weighted by molar-refractivity contribution is 7.80. The summed E-state index contributed by atoms with van der Waals surface area (Å²) in [4.78, 5) is 25.1. The van der Waals surface area contributed by atoms with Gasteiger partial charge in [-0.15, -0.1) is 0 Å². The van der Waals surface area contributed by atoms with Crippen LogP contribution in [0.2, 0.25) is 0 Å². The maximum atomic E-state index is 12.1. The summed E-state index contributed by atoms with van der Waals surface area (Å²) in [5.41, 5.74) is 6.50. The van der Waals surface area contributed by atoms with Crippen molar-refractivity contribution in [2.45, 2.75) is 0 Å². The van der Waals surface area contributed by atoms with Crippen LogP contribution >= 0.6 is 12.2 Å². The van der Waals surface area contributed by atoms with Crippen molar-refractivity contribution >= 4 is 34.9 Å². The molecular formula is C12H12N4O2S. The summed E-state index contributed by atoms with van der Waals surface area (Å²) >= 11 is 4.78. The van der Waals surface area contributed by atoms with Gasteiger partial charge < -0.3 is 5.73 Å². The number of rotatable bonds is 1. The number of thiocarbonyl (C=S) groups is 1. The summed E-state index contributed by atoms with van der Waals surface area (Å²) < 4.78 is 0. The van der Waals surface area contributed by atoms with Crippen LogP contribution in [0.3, 0.4) is 0 Å². The van der Waals surface area contributed by atoms with Gasteiger partial charge in [0.2, 0.25) is 0 Å². The average molecular weight is 276 g/mol. The van der Waals surface area contributed by atoms with Crippen LogP contribution in [0.25, 0.3) is 0 Å². The van der Waals surface area contributed by atoms with Crippen molar-refractivity contribution in [3.8, 4) is 0 Å². The number of imide groups is 1. The third kappa shape index (κ3) is 2.19. The van der Waals surface area contributed by atoms with Crippen molar-refractivity contribution in [2.24, 2.45) is 10.8 Å². The van der Waals surface area contributed by atoms with Gasteiger partial charge in [0.1, 0.15) is 0 Å². The topological polar surface area (TPSA) is 79.0 Å². The number of benzene rings is 1. The lowest BCUT2D eigenvalue weighted by Gasteiger charge is -2.25. The fourth-order valence-corrected chi connectivity index (χ4v) is 1.76.